The molecule has 2 aromatic carbocycles. The number of carbonyl (C=O) groups is 1. The molecule has 0 aliphatic rings. The molecule has 0 aliphatic carbocycles. The summed E-state index contributed by atoms with van der Waals surface area (Å²) in [6.45, 7) is 3.96. The Labute approximate surface area is 154 Å². The van der Waals surface area contributed by atoms with Gasteiger partial charge in [0.25, 0.3) is 0 Å². The fourth-order valence-corrected chi connectivity index (χ4v) is 2.24. The monoisotopic (exact) mass is 358 g/mol. The van der Waals surface area contributed by atoms with Crippen LogP contribution in [0, 0.1) is 6.92 Å². The average Bonchev–Trinajstić information content (AvgIpc) is 2.65. The highest BCUT2D eigenvalue weighted by atomic mass is 16.5. The third-order valence-corrected chi connectivity index (χ3v) is 3.58. The first-order chi connectivity index (χ1) is 12.7. The second-order valence-electron chi connectivity index (χ2n) is 5.73. The fraction of sp³-hybridized carbons (Fsp3) is 0.350. The number of nitrogens with one attached hydrogen (secondary N) is 2. The van der Waals surface area contributed by atoms with Crippen LogP contribution in [-0.2, 0) is 0 Å². The van der Waals surface area contributed by atoms with E-state index in [0.29, 0.717) is 26.3 Å². The molecule has 0 aliphatic heterocycles. The first-order valence-corrected chi connectivity index (χ1v) is 8.65. The Morgan fingerprint density at radius 1 is 0.885 bits per heavy atom. The van der Waals surface area contributed by atoms with Crippen molar-refractivity contribution in [2.75, 3.05) is 33.4 Å². The maximum Gasteiger partial charge on any atom is 0.314 e. The normalized spacial score (nSPS) is 10.1. The lowest BCUT2D eigenvalue weighted by atomic mass is 10.2. The zero-order valence-electron chi connectivity index (χ0n) is 15.3. The first-order valence-electron chi connectivity index (χ1n) is 8.65. The molecule has 0 saturated carbocycles. The molecule has 0 fully saturated rings. The number of urea groups is 1. The molecule has 2 N–H and O–H groups in total. The summed E-state index contributed by atoms with van der Waals surface area (Å²) in [5.74, 6) is 2.37. The van der Waals surface area contributed by atoms with Crippen LogP contribution in [-0.4, -0.2) is 39.4 Å². The van der Waals surface area contributed by atoms with Crippen molar-refractivity contribution in [3.63, 3.8) is 0 Å². The average molecular weight is 358 g/mol. The highest BCUT2D eigenvalue weighted by Gasteiger charge is 2.00. The maximum absolute atomic E-state index is 11.7. The van der Waals surface area contributed by atoms with Gasteiger partial charge in [0.15, 0.2) is 0 Å². The number of rotatable bonds is 10. The molecule has 0 aromatic heterocycles. The molecule has 2 amide bonds. The molecular weight excluding hydrogens is 332 g/mol. The van der Waals surface area contributed by atoms with Crippen LogP contribution in [0.4, 0.5) is 4.79 Å². The Kier molecular flexibility index (Phi) is 8.12. The van der Waals surface area contributed by atoms with E-state index in [4.69, 9.17) is 14.2 Å². The number of aryl methyl sites for hydroxylation is 1. The lowest BCUT2D eigenvalue weighted by Gasteiger charge is -2.10. The van der Waals surface area contributed by atoms with Gasteiger partial charge in [0.05, 0.1) is 20.3 Å². The molecule has 26 heavy (non-hydrogen) atoms. The molecule has 0 saturated heterocycles. The zero-order valence-corrected chi connectivity index (χ0v) is 15.3. The van der Waals surface area contributed by atoms with Gasteiger partial charge in [-0.1, -0.05) is 12.1 Å². The van der Waals surface area contributed by atoms with Gasteiger partial charge in [-0.3, -0.25) is 0 Å². The molecule has 0 atom stereocenters. The van der Waals surface area contributed by atoms with Crippen molar-refractivity contribution in [1.29, 1.82) is 0 Å². The van der Waals surface area contributed by atoms with Gasteiger partial charge in [0, 0.05) is 6.54 Å². The van der Waals surface area contributed by atoms with E-state index in [0.717, 1.165) is 29.2 Å². The number of hydrogen-bond acceptors (Lipinski definition) is 4. The van der Waals surface area contributed by atoms with Crippen molar-refractivity contribution in [2.45, 2.75) is 13.3 Å². The quantitative estimate of drug-likeness (QED) is 0.640. The molecule has 2 aromatic rings. The van der Waals surface area contributed by atoms with Crippen molar-refractivity contribution in [3.8, 4) is 17.2 Å². The van der Waals surface area contributed by atoms with Gasteiger partial charge in [0.1, 0.15) is 23.9 Å². The summed E-state index contributed by atoms with van der Waals surface area (Å²) in [5, 5.41) is 5.54. The molecular formula is C20H26N2O4. The highest BCUT2D eigenvalue weighted by molar-refractivity contribution is 5.73. The van der Waals surface area contributed by atoms with Crippen LogP contribution in [0.5, 0.6) is 17.2 Å². The van der Waals surface area contributed by atoms with Gasteiger partial charge in [-0.05, 0) is 55.3 Å². The van der Waals surface area contributed by atoms with Crippen LogP contribution >= 0.6 is 0 Å². The number of hydrogen-bond donors (Lipinski definition) is 2. The Morgan fingerprint density at radius 2 is 1.58 bits per heavy atom. The predicted octanol–water partition coefficient (Wildman–Crippen LogP) is 3.15. The second kappa shape index (κ2) is 10.9. The van der Waals surface area contributed by atoms with Crippen molar-refractivity contribution in [1.82, 2.24) is 10.6 Å². The molecule has 0 bridgehead atoms. The minimum absolute atomic E-state index is 0.209. The molecule has 6 nitrogen and oxygen atoms in total. The van der Waals surface area contributed by atoms with Crippen LogP contribution in [0.25, 0.3) is 0 Å². The van der Waals surface area contributed by atoms with Crippen LogP contribution in [0.1, 0.15) is 12.0 Å². The summed E-state index contributed by atoms with van der Waals surface area (Å²) in [6.07, 6.45) is 0.740. The largest absolute Gasteiger partial charge is 0.497 e. The third-order valence-electron chi connectivity index (χ3n) is 3.58. The minimum atomic E-state index is -0.209. The third kappa shape index (κ3) is 7.34. The van der Waals surface area contributed by atoms with Crippen LogP contribution in [0.2, 0.25) is 0 Å². The maximum atomic E-state index is 11.7. The zero-order chi connectivity index (χ0) is 18.6. The lowest BCUT2D eigenvalue weighted by molar-refractivity contribution is 0.235. The summed E-state index contributed by atoms with van der Waals surface area (Å²) in [6, 6.07) is 15.0. The first kappa shape index (κ1) is 19.4. The second-order valence-corrected chi connectivity index (χ2v) is 5.73. The SMILES string of the molecule is COc1ccc(OCCNC(=O)NCCCOc2cccc(C)c2)cc1. The standard InChI is InChI=1S/C20H26N2O4/c1-16-5-3-6-19(15-16)25-13-4-11-21-20(23)22-12-14-26-18-9-7-17(24-2)8-10-18/h3,5-10,15H,4,11-14H2,1-2H3,(H2,21,22,23). The van der Waals surface area contributed by atoms with Crippen molar-refractivity contribution in [3.05, 3.63) is 54.1 Å². The molecule has 0 spiro atoms. The van der Waals surface area contributed by atoms with Crippen molar-refractivity contribution in [2.24, 2.45) is 0 Å². The molecule has 0 unspecified atom stereocenters. The number of carbonyl (C=O) groups excluding carboxylic acids is 1. The van der Waals surface area contributed by atoms with E-state index in [-0.39, 0.29) is 6.03 Å². The Morgan fingerprint density at radius 3 is 2.31 bits per heavy atom. The summed E-state index contributed by atoms with van der Waals surface area (Å²) in [4.78, 5) is 11.7. The molecule has 2 rings (SSSR count). The van der Waals surface area contributed by atoms with Crippen molar-refractivity contribution < 1.29 is 19.0 Å². The Hall–Kier alpha value is -2.89. The minimum Gasteiger partial charge on any atom is -0.497 e. The van der Waals surface area contributed by atoms with Crippen LogP contribution < -0.4 is 24.8 Å². The van der Waals surface area contributed by atoms with E-state index in [1.165, 1.54) is 0 Å². The van der Waals surface area contributed by atoms with E-state index in [1.54, 1.807) is 7.11 Å². The number of benzene rings is 2. The topological polar surface area (TPSA) is 68.8 Å². The van der Waals surface area contributed by atoms with E-state index >= 15 is 0 Å². The number of ether oxygens (including phenoxy) is 3. The van der Waals surface area contributed by atoms with Crippen LogP contribution in [0.3, 0.4) is 0 Å². The van der Waals surface area contributed by atoms with E-state index in [9.17, 15) is 4.79 Å². The lowest BCUT2D eigenvalue weighted by Crippen LogP contribution is -2.38. The van der Waals surface area contributed by atoms with Crippen LogP contribution in [0.15, 0.2) is 48.5 Å². The van der Waals surface area contributed by atoms with Gasteiger partial charge < -0.3 is 24.8 Å². The van der Waals surface area contributed by atoms with Gasteiger partial charge in [-0.2, -0.15) is 0 Å². The number of methoxy groups -OCH3 is 1. The van der Waals surface area contributed by atoms with E-state index < -0.39 is 0 Å². The van der Waals surface area contributed by atoms with E-state index in [1.807, 2.05) is 55.5 Å². The van der Waals surface area contributed by atoms with Gasteiger partial charge in [-0.25, -0.2) is 4.79 Å². The Bertz CT molecular complexity index is 674. The number of amides is 2. The molecule has 0 heterocycles. The molecule has 6 heteroatoms. The summed E-state index contributed by atoms with van der Waals surface area (Å²) < 4.78 is 16.3. The summed E-state index contributed by atoms with van der Waals surface area (Å²) in [7, 11) is 1.62. The highest BCUT2D eigenvalue weighted by Crippen LogP contribution is 2.16. The summed E-state index contributed by atoms with van der Waals surface area (Å²) in [5.41, 5.74) is 1.16. The molecule has 0 radical (unpaired) electrons. The Balaban J connectivity index is 1.49. The van der Waals surface area contributed by atoms with Gasteiger partial charge >= 0.3 is 6.03 Å². The predicted molar refractivity (Wildman–Crippen MR) is 101 cm³/mol. The smallest absolute Gasteiger partial charge is 0.314 e. The molecule has 140 valence electrons. The van der Waals surface area contributed by atoms with Gasteiger partial charge in [0.2, 0.25) is 0 Å². The van der Waals surface area contributed by atoms with E-state index in [2.05, 4.69) is 10.6 Å². The van der Waals surface area contributed by atoms with Gasteiger partial charge in [-0.15, -0.1) is 0 Å². The fourth-order valence-electron chi connectivity index (χ4n) is 2.24. The summed E-state index contributed by atoms with van der Waals surface area (Å²) >= 11 is 0. The van der Waals surface area contributed by atoms with Crippen molar-refractivity contribution >= 4 is 6.03 Å².